The maximum absolute atomic E-state index is 15.2. The van der Waals surface area contributed by atoms with Gasteiger partial charge in [0.15, 0.2) is 0 Å². The highest BCUT2D eigenvalue weighted by atomic mass is 19.1. The summed E-state index contributed by atoms with van der Waals surface area (Å²) in [5, 5.41) is 0. The first-order valence-corrected chi connectivity index (χ1v) is 13.6. The summed E-state index contributed by atoms with van der Waals surface area (Å²) in [6.07, 6.45) is 12.5. The van der Waals surface area contributed by atoms with Crippen LogP contribution < -0.4 is 0 Å². The third-order valence-electron chi connectivity index (χ3n) is 10.6. The van der Waals surface area contributed by atoms with Crippen molar-refractivity contribution in [2.24, 2.45) is 46.3 Å². The molecule has 4 aliphatic rings. The van der Waals surface area contributed by atoms with Gasteiger partial charge in [0.25, 0.3) is 0 Å². The molecule has 9 atom stereocenters. The molecule has 0 amide bonds. The van der Waals surface area contributed by atoms with Crippen LogP contribution in [0.1, 0.15) is 106 Å². The van der Waals surface area contributed by atoms with E-state index in [2.05, 4.69) is 40.7 Å². The monoisotopic (exact) mass is 446 g/mol. The van der Waals surface area contributed by atoms with E-state index in [0.717, 1.165) is 30.1 Å². The minimum atomic E-state index is -1.04. The van der Waals surface area contributed by atoms with E-state index >= 15 is 4.39 Å². The van der Waals surface area contributed by atoms with Crippen molar-refractivity contribution >= 4 is 5.97 Å². The predicted octanol–water partition coefficient (Wildman–Crippen LogP) is 7.91. The molecule has 0 unspecified atom stereocenters. The minimum Gasteiger partial charge on any atom is -0.459 e. The molecule has 3 fully saturated rings. The van der Waals surface area contributed by atoms with Crippen LogP contribution in [0.25, 0.3) is 0 Å². The van der Waals surface area contributed by atoms with E-state index in [1.807, 2.05) is 0 Å². The molecule has 182 valence electrons. The number of hydrogen-bond donors (Lipinski definition) is 0. The van der Waals surface area contributed by atoms with Gasteiger partial charge in [0.2, 0.25) is 0 Å². The van der Waals surface area contributed by atoms with Crippen molar-refractivity contribution in [1.29, 1.82) is 0 Å². The Morgan fingerprint density at radius 3 is 2.59 bits per heavy atom. The van der Waals surface area contributed by atoms with E-state index in [4.69, 9.17) is 4.74 Å². The largest absolute Gasteiger partial charge is 0.459 e. The summed E-state index contributed by atoms with van der Waals surface area (Å²) in [6, 6.07) is 0. The highest BCUT2D eigenvalue weighted by Crippen LogP contribution is 2.67. The van der Waals surface area contributed by atoms with Gasteiger partial charge in [-0.15, -0.1) is 0 Å². The van der Waals surface area contributed by atoms with Crippen LogP contribution >= 0.6 is 0 Å². The lowest BCUT2D eigenvalue weighted by Crippen LogP contribution is -2.53. The second kappa shape index (κ2) is 9.06. The van der Waals surface area contributed by atoms with Gasteiger partial charge in [-0.05, 0) is 84.9 Å². The molecule has 32 heavy (non-hydrogen) atoms. The van der Waals surface area contributed by atoms with Crippen LogP contribution in [0.3, 0.4) is 0 Å². The Morgan fingerprint density at radius 1 is 1.16 bits per heavy atom. The van der Waals surface area contributed by atoms with Gasteiger partial charge in [0.1, 0.15) is 12.3 Å². The Balaban J connectivity index is 1.49. The standard InChI is InChI=1S/C29H47FO2/c1-18(2)8-7-9-19(3)23-12-13-24-22-11-10-21-16-27(32-20(4)31)26(30)17-29(21,6)25(22)14-15-28(23,24)5/h10,18-19,22-27H,7-9,11-17H2,1-6H3/t19-,22+,23-,24+,25+,26-,27-,28-,29+/m1/s1. The SMILES string of the molecule is CC(=O)O[C@@H]1CC2=CC[C@H]3[C@@H]4CC[C@H]([C@H](C)CCCC(C)C)[C@@]4(C)CC[C@@H]3[C@@]2(C)C[C@H]1F. The Morgan fingerprint density at radius 2 is 1.91 bits per heavy atom. The molecule has 0 aromatic rings. The average Bonchev–Trinajstić information content (AvgIpc) is 3.05. The lowest BCUT2D eigenvalue weighted by molar-refractivity contribution is -0.154. The molecule has 0 radical (unpaired) electrons. The number of ether oxygens (including phenoxy) is 1. The van der Waals surface area contributed by atoms with Gasteiger partial charge in [-0.25, -0.2) is 4.39 Å². The summed E-state index contributed by atoms with van der Waals surface area (Å²) in [5.41, 5.74) is 1.78. The minimum absolute atomic E-state index is 0.0543. The second-order valence-electron chi connectivity index (χ2n) is 12.9. The summed E-state index contributed by atoms with van der Waals surface area (Å²) in [5.74, 6) is 4.21. The number of halogens is 1. The molecule has 0 bridgehead atoms. The van der Waals surface area contributed by atoms with Gasteiger partial charge in [0, 0.05) is 13.3 Å². The van der Waals surface area contributed by atoms with Crippen molar-refractivity contribution in [2.75, 3.05) is 0 Å². The van der Waals surface area contributed by atoms with Crippen LogP contribution in [0.4, 0.5) is 4.39 Å². The first-order valence-electron chi connectivity index (χ1n) is 13.6. The Labute approximate surface area is 196 Å². The number of fused-ring (bicyclic) bond motifs is 5. The number of carbonyl (C=O) groups excluding carboxylic acids is 1. The normalized spacial score (nSPS) is 44.3. The molecular weight excluding hydrogens is 399 g/mol. The Hall–Kier alpha value is -0.860. The number of alkyl halides is 1. The number of rotatable bonds is 6. The highest BCUT2D eigenvalue weighted by molar-refractivity contribution is 5.66. The van der Waals surface area contributed by atoms with E-state index in [9.17, 15) is 4.79 Å². The van der Waals surface area contributed by atoms with E-state index in [0.29, 0.717) is 30.1 Å². The van der Waals surface area contributed by atoms with Crippen molar-refractivity contribution < 1.29 is 13.9 Å². The van der Waals surface area contributed by atoms with E-state index in [1.165, 1.54) is 57.4 Å². The zero-order valence-electron chi connectivity index (χ0n) is 21.5. The lowest BCUT2D eigenvalue weighted by atomic mass is 9.46. The molecule has 4 aliphatic carbocycles. The van der Waals surface area contributed by atoms with Crippen molar-refractivity contribution in [3.63, 3.8) is 0 Å². The van der Waals surface area contributed by atoms with Gasteiger partial charge in [-0.3, -0.25) is 4.79 Å². The first kappa shape index (κ1) is 24.3. The third kappa shape index (κ3) is 4.20. The zero-order valence-corrected chi connectivity index (χ0v) is 21.5. The topological polar surface area (TPSA) is 26.3 Å². The maximum atomic E-state index is 15.2. The predicted molar refractivity (Wildman–Crippen MR) is 129 cm³/mol. The quantitative estimate of drug-likeness (QED) is 0.306. The molecular formula is C29H47FO2. The summed E-state index contributed by atoms with van der Waals surface area (Å²) >= 11 is 0. The van der Waals surface area contributed by atoms with Crippen LogP contribution in [0.15, 0.2) is 11.6 Å². The van der Waals surface area contributed by atoms with Crippen molar-refractivity contribution in [3.8, 4) is 0 Å². The van der Waals surface area contributed by atoms with Gasteiger partial charge in [0.05, 0.1) is 0 Å². The number of carbonyl (C=O) groups is 1. The van der Waals surface area contributed by atoms with Crippen LogP contribution in [-0.4, -0.2) is 18.2 Å². The summed E-state index contributed by atoms with van der Waals surface area (Å²) in [4.78, 5) is 11.5. The maximum Gasteiger partial charge on any atom is 0.303 e. The molecule has 4 rings (SSSR count). The van der Waals surface area contributed by atoms with Gasteiger partial charge < -0.3 is 4.74 Å². The molecule has 0 N–H and O–H groups in total. The van der Waals surface area contributed by atoms with Crippen LogP contribution in [0.5, 0.6) is 0 Å². The Kier molecular flexibility index (Phi) is 6.87. The molecule has 3 saturated carbocycles. The van der Waals surface area contributed by atoms with E-state index in [1.54, 1.807) is 0 Å². The number of allylic oxidation sites excluding steroid dienone is 1. The van der Waals surface area contributed by atoms with Crippen LogP contribution in [0, 0.1) is 46.3 Å². The first-order chi connectivity index (χ1) is 15.1. The summed E-state index contributed by atoms with van der Waals surface area (Å²) in [6.45, 7) is 13.5. The van der Waals surface area contributed by atoms with Crippen LogP contribution in [0.2, 0.25) is 0 Å². The smallest absolute Gasteiger partial charge is 0.303 e. The summed E-state index contributed by atoms with van der Waals surface area (Å²) < 4.78 is 20.5. The fourth-order valence-electron chi connectivity index (χ4n) is 8.99. The molecule has 0 heterocycles. The van der Waals surface area contributed by atoms with Crippen LogP contribution in [-0.2, 0) is 9.53 Å². The van der Waals surface area contributed by atoms with E-state index in [-0.39, 0.29) is 11.4 Å². The third-order valence-corrected chi connectivity index (χ3v) is 10.6. The van der Waals surface area contributed by atoms with Crippen molar-refractivity contribution in [3.05, 3.63) is 11.6 Å². The number of hydrogen-bond acceptors (Lipinski definition) is 2. The average molecular weight is 447 g/mol. The fourth-order valence-corrected chi connectivity index (χ4v) is 8.99. The van der Waals surface area contributed by atoms with E-state index < -0.39 is 12.3 Å². The van der Waals surface area contributed by atoms with Gasteiger partial charge >= 0.3 is 5.97 Å². The fraction of sp³-hybridized carbons (Fsp3) is 0.897. The second-order valence-corrected chi connectivity index (χ2v) is 12.9. The van der Waals surface area contributed by atoms with Crippen molar-refractivity contribution in [2.45, 2.75) is 118 Å². The molecule has 2 nitrogen and oxygen atoms in total. The molecule has 0 aliphatic heterocycles. The van der Waals surface area contributed by atoms with Gasteiger partial charge in [-0.1, -0.05) is 65.5 Å². The Bertz CT molecular complexity index is 729. The highest BCUT2D eigenvalue weighted by Gasteiger charge is 2.60. The zero-order chi connectivity index (χ0) is 23.3. The lowest BCUT2D eigenvalue weighted by Gasteiger charge is -2.58. The molecule has 3 heteroatoms. The van der Waals surface area contributed by atoms with Crippen molar-refractivity contribution in [1.82, 2.24) is 0 Å². The molecule has 0 aromatic heterocycles. The van der Waals surface area contributed by atoms with Gasteiger partial charge in [-0.2, -0.15) is 0 Å². The summed E-state index contributed by atoms with van der Waals surface area (Å²) in [7, 11) is 0. The number of esters is 1. The molecule has 0 spiro atoms. The molecule has 0 aromatic carbocycles. The molecule has 0 saturated heterocycles.